The highest BCUT2D eigenvalue weighted by Crippen LogP contribution is 2.41. The van der Waals surface area contributed by atoms with E-state index in [0.717, 1.165) is 5.56 Å². The minimum absolute atomic E-state index is 0.0703. The number of amides is 1. The number of nitrogens with zero attached hydrogens (tertiary/aromatic N) is 2. The maximum atomic E-state index is 12.5. The number of hydrogen-bond donors (Lipinski definition) is 0. The van der Waals surface area contributed by atoms with Crippen LogP contribution in [-0.2, 0) is 9.22 Å². The van der Waals surface area contributed by atoms with Crippen molar-refractivity contribution in [2.24, 2.45) is 0 Å². The molecule has 5 heteroatoms. The van der Waals surface area contributed by atoms with Gasteiger partial charge in [-0.3, -0.25) is 9.78 Å². The summed E-state index contributed by atoms with van der Waals surface area (Å²) in [6.07, 6.45) is 3.99. The van der Waals surface area contributed by atoms with Crippen LogP contribution in [-0.4, -0.2) is 37.3 Å². The third kappa shape index (κ3) is 3.19. The second-order valence-corrected chi connectivity index (χ2v) is 12.1. The highest BCUT2D eigenvalue weighted by atomic mass is 28.4. The Morgan fingerprint density at radius 1 is 1.38 bits per heavy atom. The molecule has 1 saturated heterocycles. The standard InChI is InChI=1S/C16H26N2O2Si/c1-16(2,3)21(5,6)20-14-10-13(18(4)15(14)19)12-8-7-9-17-11-12/h7-9,11,13-14H,10H2,1-6H3. The summed E-state index contributed by atoms with van der Waals surface area (Å²) in [5.74, 6) is 0.0914. The van der Waals surface area contributed by atoms with Gasteiger partial charge in [0.25, 0.3) is 5.91 Å². The van der Waals surface area contributed by atoms with E-state index in [1.807, 2.05) is 25.4 Å². The second kappa shape index (κ2) is 5.53. The molecular formula is C16H26N2O2Si. The normalized spacial score (nSPS) is 23.7. The number of likely N-dealkylation sites (tertiary alicyclic amines) is 1. The number of pyridine rings is 1. The van der Waals surface area contributed by atoms with Gasteiger partial charge in [0, 0.05) is 25.9 Å². The van der Waals surface area contributed by atoms with Crippen LogP contribution in [0.3, 0.4) is 0 Å². The smallest absolute Gasteiger partial charge is 0.250 e. The molecule has 21 heavy (non-hydrogen) atoms. The van der Waals surface area contributed by atoms with Gasteiger partial charge in [0.2, 0.25) is 0 Å². The molecule has 116 valence electrons. The van der Waals surface area contributed by atoms with Gasteiger partial charge in [-0.25, -0.2) is 0 Å². The van der Waals surface area contributed by atoms with E-state index in [1.165, 1.54) is 0 Å². The van der Waals surface area contributed by atoms with E-state index < -0.39 is 8.32 Å². The first-order valence-corrected chi connectivity index (χ1v) is 10.4. The molecular weight excluding hydrogens is 280 g/mol. The van der Waals surface area contributed by atoms with Gasteiger partial charge in [-0.2, -0.15) is 0 Å². The van der Waals surface area contributed by atoms with Gasteiger partial charge in [-0.1, -0.05) is 26.8 Å². The van der Waals surface area contributed by atoms with Gasteiger partial charge in [-0.15, -0.1) is 0 Å². The lowest BCUT2D eigenvalue weighted by Gasteiger charge is -2.37. The molecule has 0 spiro atoms. The lowest BCUT2D eigenvalue weighted by molar-refractivity contribution is -0.133. The molecule has 1 aromatic heterocycles. The predicted octanol–water partition coefficient (Wildman–Crippen LogP) is 3.38. The maximum Gasteiger partial charge on any atom is 0.250 e. The van der Waals surface area contributed by atoms with Crippen molar-refractivity contribution < 1.29 is 9.22 Å². The van der Waals surface area contributed by atoms with Gasteiger partial charge < -0.3 is 9.33 Å². The third-order valence-corrected chi connectivity index (χ3v) is 9.33. The Hall–Kier alpha value is -1.20. The summed E-state index contributed by atoms with van der Waals surface area (Å²) in [7, 11) is -0.0788. The van der Waals surface area contributed by atoms with Crippen molar-refractivity contribution in [2.45, 2.75) is 57.5 Å². The lowest BCUT2D eigenvalue weighted by Crippen LogP contribution is -2.45. The molecule has 1 aliphatic rings. The van der Waals surface area contributed by atoms with Crippen LogP contribution in [0.5, 0.6) is 0 Å². The molecule has 1 fully saturated rings. The molecule has 1 amide bonds. The van der Waals surface area contributed by atoms with Crippen LogP contribution in [0.4, 0.5) is 0 Å². The van der Waals surface area contributed by atoms with Crippen LogP contribution in [0.2, 0.25) is 18.1 Å². The molecule has 0 N–H and O–H groups in total. The van der Waals surface area contributed by atoms with Gasteiger partial charge in [0.15, 0.2) is 8.32 Å². The van der Waals surface area contributed by atoms with Gasteiger partial charge in [0.05, 0.1) is 6.04 Å². The van der Waals surface area contributed by atoms with Crippen LogP contribution < -0.4 is 0 Å². The van der Waals surface area contributed by atoms with E-state index in [9.17, 15) is 4.79 Å². The van der Waals surface area contributed by atoms with E-state index in [4.69, 9.17) is 4.43 Å². The van der Waals surface area contributed by atoms with Crippen molar-refractivity contribution >= 4 is 14.2 Å². The van der Waals surface area contributed by atoms with Crippen LogP contribution in [0.1, 0.15) is 38.8 Å². The number of hydrogen-bond acceptors (Lipinski definition) is 3. The minimum atomic E-state index is -1.93. The molecule has 1 aliphatic heterocycles. The van der Waals surface area contributed by atoms with E-state index in [-0.39, 0.29) is 23.1 Å². The third-order valence-electron chi connectivity index (χ3n) is 4.84. The van der Waals surface area contributed by atoms with E-state index >= 15 is 0 Å². The first kappa shape index (κ1) is 16.2. The van der Waals surface area contributed by atoms with Crippen LogP contribution in [0.15, 0.2) is 24.5 Å². The molecule has 2 heterocycles. The fraction of sp³-hybridized carbons (Fsp3) is 0.625. The Bertz CT molecular complexity index is 511. The monoisotopic (exact) mass is 306 g/mol. The summed E-state index contributed by atoms with van der Waals surface area (Å²) >= 11 is 0. The number of aromatic nitrogens is 1. The number of carbonyl (C=O) groups is 1. The summed E-state index contributed by atoms with van der Waals surface area (Å²) in [5, 5.41) is 0.109. The van der Waals surface area contributed by atoms with Crippen LogP contribution in [0, 0.1) is 0 Å². The Kier molecular flexibility index (Phi) is 4.26. The number of carbonyl (C=O) groups excluding carboxylic acids is 1. The Morgan fingerprint density at radius 3 is 2.57 bits per heavy atom. The molecule has 2 unspecified atom stereocenters. The zero-order valence-corrected chi connectivity index (χ0v) is 14.9. The fourth-order valence-electron chi connectivity index (χ4n) is 2.41. The van der Waals surface area contributed by atoms with Crippen LogP contribution in [0.25, 0.3) is 0 Å². The van der Waals surface area contributed by atoms with E-state index in [1.54, 1.807) is 11.1 Å². The summed E-state index contributed by atoms with van der Waals surface area (Å²) < 4.78 is 6.32. The van der Waals surface area contributed by atoms with Crippen molar-refractivity contribution in [3.8, 4) is 0 Å². The molecule has 2 rings (SSSR count). The summed E-state index contributed by atoms with van der Waals surface area (Å²) in [5.41, 5.74) is 1.08. The molecule has 4 nitrogen and oxygen atoms in total. The van der Waals surface area contributed by atoms with Crippen molar-refractivity contribution in [3.63, 3.8) is 0 Å². The summed E-state index contributed by atoms with van der Waals surface area (Å²) in [6.45, 7) is 11.0. The highest BCUT2D eigenvalue weighted by Gasteiger charge is 2.45. The van der Waals surface area contributed by atoms with Gasteiger partial charge >= 0.3 is 0 Å². The summed E-state index contributed by atoms with van der Waals surface area (Å²) in [4.78, 5) is 18.5. The quantitative estimate of drug-likeness (QED) is 0.804. The van der Waals surface area contributed by atoms with Gasteiger partial charge in [-0.05, 0) is 29.8 Å². The number of rotatable bonds is 3. The van der Waals surface area contributed by atoms with E-state index in [2.05, 4.69) is 38.8 Å². The second-order valence-electron chi connectivity index (χ2n) is 7.35. The summed E-state index contributed by atoms with van der Waals surface area (Å²) in [6, 6.07) is 4.01. The average molecular weight is 306 g/mol. The zero-order valence-electron chi connectivity index (χ0n) is 13.9. The topological polar surface area (TPSA) is 42.4 Å². The molecule has 0 bridgehead atoms. The average Bonchev–Trinajstić information content (AvgIpc) is 2.66. The molecule has 0 radical (unpaired) electrons. The molecule has 2 atom stereocenters. The fourth-order valence-corrected chi connectivity index (χ4v) is 3.67. The first-order valence-electron chi connectivity index (χ1n) is 7.48. The van der Waals surface area contributed by atoms with E-state index in [0.29, 0.717) is 6.42 Å². The van der Waals surface area contributed by atoms with Crippen molar-refractivity contribution in [2.75, 3.05) is 7.05 Å². The Morgan fingerprint density at radius 2 is 2.05 bits per heavy atom. The lowest BCUT2D eigenvalue weighted by atomic mass is 10.1. The minimum Gasteiger partial charge on any atom is -0.405 e. The zero-order chi connectivity index (χ0) is 15.8. The van der Waals surface area contributed by atoms with Crippen molar-refractivity contribution in [1.82, 2.24) is 9.88 Å². The number of likely N-dealkylation sites (N-methyl/N-ethyl adjacent to an activating group) is 1. The molecule has 0 aliphatic carbocycles. The maximum absolute atomic E-state index is 12.5. The molecule has 1 aromatic rings. The van der Waals surface area contributed by atoms with Crippen molar-refractivity contribution in [1.29, 1.82) is 0 Å². The Balaban J connectivity index is 2.16. The largest absolute Gasteiger partial charge is 0.405 e. The first-order chi connectivity index (χ1) is 9.63. The van der Waals surface area contributed by atoms with Crippen LogP contribution >= 0.6 is 0 Å². The molecule has 0 aromatic carbocycles. The molecule has 0 saturated carbocycles. The predicted molar refractivity (Wildman–Crippen MR) is 86.4 cm³/mol. The SMILES string of the molecule is CN1C(=O)C(O[Si](C)(C)C(C)(C)C)CC1c1cccnc1. The van der Waals surface area contributed by atoms with Gasteiger partial charge in [0.1, 0.15) is 6.10 Å². The van der Waals surface area contributed by atoms with Crippen molar-refractivity contribution in [3.05, 3.63) is 30.1 Å². The highest BCUT2D eigenvalue weighted by molar-refractivity contribution is 6.74. The Labute approximate surface area is 128 Å².